The lowest BCUT2D eigenvalue weighted by molar-refractivity contribution is -0.137. The smallest absolute Gasteiger partial charge is 0.380 e. The van der Waals surface area contributed by atoms with Gasteiger partial charge in [0.2, 0.25) is 5.43 Å². The first kappa shape index (κ1) is 21.3. The molecule has 2 aromatic carbocycles. The van der Waals surface area contributed by atoms with Gasteiger partial charge in [0.15, 0.2) is 5.69 Å². The maximum absolute atomic E-state index is 13.0. The predicted molar refractivity (Wildman–Crippen MR) is 105 cm³/mol. The molecule has 6 nitrogen and oxygen atoms in total. The molecule has 9 heteroatoms. The van der Waals surface area contributed by atoms with Crippen LogP contribution in [0.3, 0.4) is 0 Å². The fourth-order valence-electron chi connectivity index (χ4n) is 2.88. The second-order valence-electron chi connectivity index (χ2n) is 6.55. The number of anilines is 1. The van der Waals surface area contributed by atoms with Crippen LogP contribution in [0.5, 0.6) is 0 Å². The lowest BCUT2D eigenvalue weighted by Gasteiger charge is -2.14. The molecule has 3 aromatic rings. The first-order valence-corrected chi connectivity index (χ1v) is 8.87. The third-order valence-electron chi connectivity index (χ3n) is 4.24. The van der Waals surface area contributed by atoms with Crippen LogP contribution in [-0.2, 0) is 17.5 Å². The van der Waals surface area contributed by atoms with Gasteiger partial charge in [-0.05, 0) is 42.8 Å². The Bertz CT molecular complexity index is 1140. The zero-order valence-corrected chi connectivity index (χ0v) is 16.2. The van der Waals surface area contributed by atoms with Gasteiger partial charge in [0.25, 0.3) is 5.91 Å². The van der Waals surface area contributed by atoms with E-state index in [9.17, 15) is 22.8 Å². The number of aryl methyl sites for hydroxylation is 1. The molecule has 0 aliphatic heterocycles. The Balaban J connectivity index is 1.97. The van der Waals surface area contributed by atoms with Gasteiger partial charge < -0.3 is 10.1 Å². The molecule has 0 fully saturated rings. The summed E-state index contributed by atoms with van der Waals surface area (Å²) in [6.07, 6.45) is -4.53. The summed E-state index contributed by atoms with van der Waals surface area (Å²) >= 11 is 0. The van der Waals surface area contributed by atoms with Crippen LogP contribution in [0.1, 0.15) is 27.3 Å². The Morgan fingerprint density at radius 3 is 2.57 bits per heavy atom. The molecule has 3 rings (SSSR count). The van der Waals surface area contributed by atoms with E-state index < -0.39 is 28.8 Å². The normalized spacial score (nSPS) is 11.4. The molecule has 0 unspecified atom stereocenters. The molecular formula is C21H18F3N3O3. The van der Waals surface area contributed by atoms with E-state index >= 15 is 0 Å². The molecule has 0 spiro atoms. The average Bonchev–Trinajstić information content (AvgIpc) is 2.68. The molecule has 0 bridgehead atoms. The molecule has 1 N–H and O–H groups in total. The van der Waals surface area contributed by atoms with Crippen LogP contribution >= 0.6 is 0 Å². The fraction of sp³-hybridized carbons (Fsp3) is 0.190. The van der Waals surface area contributed by atoms with Gasteiger partial charge in [-0.3, -0.25) is 9.59 Å². The number of methoxy groups -OCH3 is 1. The highest BCUT2D eigenvalue weighted by atomic mass is 19.4. The number of halogens is 3. The number of amides is 1. The van der Waals surface area contributed by atoms with Gasteiger partial charge in [-0.25, -0.2) is 4.68 Å². The number of hydrogen-bond donors (Lipinski definition) is 1. The SMILES string of the molecule is COCc1cccc(NC(=O)c2nn(-c3cccc(C(F)(F)F)c3)c(C)cc2=O)c1. The monoisotopic (exact) mass is 417 g/mol. The molecule has 0 saturated carbocycles. The van der Waals surface area contributed by atoms with Crippen molar-refractivity contribution in [1.82, 2.24) is 9.78 Å². The summed E-state index contributed by atoms with van der Waals surface area (Å²) in [5.41, 5.74) is -0.316. The van der Waals surface area contributed by atoms with E-state index in [1.54, 1.807) is 18.2 Å². The zero-order valence-electron chi connectivity index (χ0n) is 16.2. The van der Waals surface area contributed by atoms with E-state index in [1.807, 2.05) is 6.07 Å². The first-order chi connectivity index (χ1) is 14.2. The average molecular weight is 417 g/mol. The summed E-state index contributed by atoms with van der Waals surface area (Å²) in [5.74, 6) is -0.768. The van der Waals surface area contributed by atoms with E-state index in [2.05, 4.69) is 10.4 Å². The third-order valence-corrected chi connectivity index (χ3v) is 4.24. The Kier molecular flexibility index (Phi) is 6.02. The van der Waals surface area contributed by atoms with E-state index in [-0.39, 0.29) is 11.4 Å². The molecular weight excluding hydrogens is 399 g/mol. The zero-order chi connectivity index (χ0) is 21.9. The number of nitrogens with zero attached hydrogens (tertiary/aromatic N) is 2. The van der Waals surface area contributed by atoms with Crippen molar-refractivity contribution in [2.75, 3.05) is 12.4 Å². The van der Waals surface area contributed by atoms with Gasteiger partial charge in [0.05, 0.1) is 17.9 Å². The Morgan fingerprint density at radius 1 is 1.13 bits per heavy atom. The van der Waals surface area contributed by atoms with Crippen LogP contribution < -0.4 is 10.7 Å². The van der Waals surface area contributed by atoms with Crippen molar-refractivity contribution in [2.24, 2.45) is 0 Å². The van der Waals surface area contributed by atoms with Gasteiger partial charge in [0.1, 0.15) is 0 Å². The minimum atomic E-state index is -4.53. The second kappa shape index (κ2) is 8.50. The predicted octanol–water partition coefficient (Wildman–Crippen LogP) is 3.96. The molecule has 0 aliphatic carbocycles. The van der Waals surface area contributed by atoms with Crippen LogP contribution in [0.15, 0.2) is 59.4 Å². The van der Waals surface area contributed by atoms with Crippen molar-refractivity contribution >= 4 is 11.6 Å². The van der Waals surface area contributed by atoms with E-state index in [0.717, 1.165) is 28.4 Å². The van der Waals surface area contributed by atoms with Crippen molar-refractivity contribution in [3.8, 4) is 5.69 Å². The molecule has 156 valence electrons. The highest BCUT2D eigenvalue weighted by Gasteiger charge is 2.30. The van der Waals surface area contributed by atoms with Gasteiger partial charge in [0, 0.05) is 24.6 Å². The van der Waals surface area contributed by atoms with Crippen molar-refractivity contribution in [3.63, 3.8) is 0 Å². The highest BCUT2D eigenvalue weighted by molar-refractivity contribution is 6.02. The molecule has 1 amide bonds. The van der Waals surface area contributed by atoms with E-state index in [1.165, 1.54) is 26.2 Å². The topological polar surface area (TPSA) is 73.2 Å². The van der Waals surface area contributed by atoms with Gasteiger partial charge in [-0.15, -0.1) is 0 Å². The number of ether oxygens (including phenoxy) is 1. The van der Waals surface area contributed by atoms with Crippen molar-refractivity contribution < 1.29 is 22.7 Å². The summed E-state index contributed by atoms with van der Waals surface area (Å²) in [6, 6.07) is 12.5. The number of carbonyl (C=O) groups excluding carboxylic acids is 1. The lowest BCUT2D eigenvalue weighted by Crippen LogP contribution is -2.27. The van der Waals surface area contributed by atoms with E-state index in [4.69, 9.17) is 4.74 Å². The van der Waals surface area contributed by atoms with Crippen LogP contribution in [0, 0.1) is 6.92 Å². The summed E-state index contributed by atoms with van der Waals surface area (Å²) < 4.78 is 45.3. The number of carbonyl (C=O) groups is 1. The standard InChI is InChI=1S/C21H18F3N3O3/c1-13-9-18(28)19(20(29)25-16-7-3-5-14(10-16)12-30-2)26-27(13)17-8-4-6-15(11-17)21(22,23)24/h3-11H,12H2,1-2H3,(H,25,29). The maximum atomic E-state index is 13.0. The number of rotatable bonds is 5. The van der Waals surface area contributed by atoms with Crippen molar-refractivity contribution in [3.05, 3.63) is 87.3 Å². The minimum absolute atomic E-state index is 0.0819. The Hall–Kier alpha value is -3.46. The van der Waals surface area contributed by atoms with Crippen LogP contribution in [0.4, 0.5) is 18.9 Å². The summed E-state index contributed by atoms with van der Waals surface area (Å²) in [4.78, 5) is 24.9. The number of alkyl halides is 3. The maximum Gasteiger partial charge on any atom is 0.416 e. The Labute approximate surface area is 169 Å². The number of aromatic nitrogens is 2. The third kappa shape index (κ3) is 4.74. The summed E-state index contributed by atoms with van der Waals surface area (Å²) in [6.45, 7) is 1.86. The van der Waals surface area contributed by atoms with Crippen LogP contribution in [0.25, 0.3) is 5.69 Å². The second-order valence-corrected chi connectivity index (χ2v) is 6.55. The fourth-order valence-corrected chi connectivity index (χ4v) is 2.88. The summed E-state index contributed by atoms with van der Waals surface area (Å²) in [5, 5.41) is 6.60. The molecule has 30 heavy (non-hydrogen) atoms. The van der Waals surface area contributed by atoms with Crippen molar-refractivity contribution in [2.45, 2.75) is 19.7 Å². The molecule has 0 radical (unpaired) electrons. The molecule has 0 saturated heterocycles. The Morgan fingerprint density at radius 2 is 1.87 bits per heavy atom. The van der Waals surface area contributed by atoms with Crippen LogP contribution in [0.2, 0.25) is 0 Å². The van der Waals surface area contributed by atoms with E-state index in [0.29, 0.717) is 12.3 Å². The largest absolute Gasteiger partial charge is 0.416 e. The number of nitrogens with one attached hydrogen (secondary N) is 1. The lowest BCUT2D eigenvalue weighted by atomic mass is 10.2. The van der Waals surface area contributed by atoms with Gasteiger partial charge in [-0.2, -0.15) is 18.3 Å². The summed E-state index contributed by atoms with van der Waals surface area (Å²) in [7, 11) is 1.54. The molecule has 0 aliphatic rings. The number of hydrogen-bond acceptors (Lipinski definition) is 4. The highest BCUT2D eigenvalue weighted by Crippen LogP contribution is 2.30. The van der Waals surface area contributed by atoms with Gasteiger partial charge in [-0.1, -0.05) is 18.2 Å². The molecule has 1 aromatic heterocycles. The minimum Gasteiger partial charge on any atom is -0.380 e. The van der Waals surface area contributed by atoms with Gasteiger partial charge >= 0.3 is 6.18 Å². The quantitative estimate of drug-likeness (QED) is 0.682. The van der Waals surface area contributed by atoms with Crippen molar-refractivity contribution in [1.29, 1.82) is 0 Å². The first-order valence-electron chi connectivity index (χ1n) is 8.87. The molecule has 0 atom stereocenters. The number of benzene rings is 2. The van der Waals surface area contributed by atoms with Crippen LogP contribution in [-0.4, -0.2) is 22.8 Å². The molecule has 1 heterocycles.